The number of para-hydroxylation sites is 1. The number of carbonyl (C=O) groups is 2. The number of aliphatic hydroxyl groups excluding tert-OH is 1. The van der Waals surface area contributed by atoms with Crippen molar-refractivity contribution in [2.75, 3.05) is 13.2 Å². The lowest BCUT2D eigenvalue weighted by Gasteiger charge is -2.21. The van der Waals surface area contributed by atoms with E-state index < -0.39 is 12.1 Å². The summed E-state index contributed by atoms with van der Waals surface area (Å²) in [6.07, 6.45) is 5.42. The van der Waals surface area contributed by atoms with Gasteiger partial charge in [0, 0.05) is 24.4 Å². The van der Waals surface area contributed by atoms with Crippen molar-refractivity contribution < 1.29 is 24.2 Å². The molecule has 0 fully saturated rings. The van der Waals surface area contributed by atoms with E-state index in [1.54, 1.807) is 36.5 Å². The molecule has 1 atom stereocenters. The van der Waals surface area contributed by atoms with Crippen LogP contribution in [0.1, 0.15) is 61.1 Å². The number of ketones is 1. The molecule has 0 radical (unpaired) electrons. The number of pyridine rings is 1. The Bertz CT molecular complexity index is 834. The third kappa shape index (κ3) is 7.12. The minimum Gasteiger partial charge on any atom is -0.491 e. The molecule has 0 spiro atoms. The molecule has 0 bridgehead atoms. The number of ether oxygens (including phenoxy) is 2. The van der Waals surface area contributed by atoms with Crippen molar-refractivity contribution in [3.8, 4) is 5.75 Å². The second kappa shape index (κ2) is 12.5. The summed E-state index contributed by atoms with van der Waals surface area (Å²) in [6, 6.07) is 10.4. The number of aromatic nitrogens is 1. The van der Waals surface area contributed by atoms with Gasteiger partial charge in [0.1, 0.15) is 18.5 Å². The molecule has 1 N–H and O–H groups in total. The predicted molar refractivity (Wildman–Crippen MR) is 114 cm³/mol. The van der Waals surface area contributed by atoms with Crippen molar-refractivity contribution in [2.24, 2.45) is 0 Å². The summed E-state index contributed by atoms with van der Waals surface area (Å²) in [6.45, 7) is 5.94. The Morgan fingerprint density at radius 3 is 2.67 bits per heavy atom. The standard InChI is InChI=1S/C24H29NO5/c1-3-4-8-18(2)21(27)12-13-23(30-24(28)19-9-7-14-25-17-19)20-10-5-6-11-22(20)29-16-15-26/h5-7,9-11,14,17,23,26H,2-4,8,12-13,15-16H2,1H3/t23-/m0/s1. The van der Waals surface area contributed by atoms with Crippen LogP contribution in [0.4, 0.5) is 0 Å². The number of hydrogen-bond donors (Lipinski definition) is 1. The monoisotopic (exact) mass is 411 g/mol. The van der Waals surface area contributed by atoms with Crippen LogP contribution in [0.25, 0.3) is 0 Å². The molecule has 0 aliphatic carbocycles. The summed E-state index contributed by atoms with van der Waals surface area (Å²) in [5.74, 6) is -0.0465. The molecule has 160 valence electrons. The van der Waals surface area contributed by atoms with Crippen LogP contribution >= 0.6 is 0 Å². The molecule has 0 aliphatic heterocycles. The number of carbonyl (C=O) groups excluding carboxylic acids is 2. The Labute approximate surface area is 177 Å². The first-order valence-corrected chi connectivity index (χ1v) is 10.2. The van der Waals surface area contributed by atoms with Crippen LogP contribution < -0.4 is 4.74 Å². The van der Waals surface area contributed by atoms with Crippen molar-refractivity contribution in [3.63, 3.8) is 0 Å². The van der Waals surface area contributed by atoms with Gasteiger partial charge < -0.3 is 14.6 Å². The molecule has 6 nitrogen and oxygen atoms in total. The molecule has 30 heavy (non-hydrogen) atoms. The number of aliphatic hydroxyl groups is 1. The van der Waals surface area contributed by atoms with Gasteiger partial charge in [0.15, 0.2) is 5.78 Å². The summed E-state index contributed by atoms with van der Waals surface area (Å²) < 4.78 is 11.4. The maximum absolute atomic E-state index is 12.6. The third-order valence-electron chi connectivity index (χ3n) is 4.62. The molecular formula is C24H29NO5. The van der Waals surface area contributed by atoms with Crippen LogP contribution in [-0.2, 0) is 9.53 Å². The van der Waals surface area contributed by atoms with Gasteiger partial charge in [-0.25, -0.2) is 4.79 Å². The Morgan fingerprint density at radius 1 is 1.17 bits per heavy atom. The van der Waals surface area contributed by atoms with E-state index in [9.17, 15) is 9.59 Å². The molecule has 2 rings (SSSR count). The van der Waals surface area contributed by atoms with Gasteiger partial charge >= 0.3 is 5.97 Å². The third-order valence-corrected chi connectivity index (χ3v) is 4.62. The molecule has 0 aliphatic rings. The van der Waals surface area contributed by atoms with Gasteiger partial charge in [-0.3, -0.25) is 9.78 Å². The Morgan fingerprint density at radius 2 is 1.97 bits per heavy atom. The molecule has 0 amide bonds. The lowest BCUT2D eigenvalue weighted by molar-refractivity contribution is -0.116. The number of rotatable bonds is 13. The molecule has 0 saturated carbocycles. The van der Waals surface area contributed by atoms with Gasteiger partial charge in [-0.05, 0) is 43.0 Å². The van der Waals surface area contributed by atoms with Crippen molar-refractivity contribution >= 4 is 11.8 Å². The number of allylic oxidation sites excluding steroid dienone is 1. The Hall–Kier alpha value is -2.99. The van der Waals surface area contributed by atoms with E-state index in [4.69, 9.17) is 14.6 Å². The number of nitrogens with zero attached hydrogens (tertiary/aromatic N) is 1. The molecule has 1 aromatic carbocycles. The van der Waals surface area contributed by atoms with Gasteiger partial charge in [0.2, 0.25) is 0 Å². The van der Waals surface area contributed by atoms with E-state index in [0.29, 0.717) is 35.3 Å². The number of unbranched alkanes of at least 4 members (excludes halogenated alkanes) is 1. The number of esters is 1. The zero-order valence-corrected chi connectivity index (χ0v) is 17.4. The Balaban J connectivity index is 2.19. The zero-order valence-electron chi connectivity index (χ0n) is 17.4. The van der Waals surface area contributed by atoms with Crippen LogP contribution in [0.3, 0.4) is 0 Å². The van der Waals surface area contributed by atoms with Crippen molar-refractivity contribution in [3.05, 3.63) is 72.1 Å². The highest BCUT2D eigenvalue weighted by Gasteiger charge is 2.23. The quantitative estimate of drug-likeness (QED) is 0.387. The lowest BCUT2D eigenvalue weighted by Crippen LogP contribution is -2.15. The fraction of sp³-hybridized carbons (Fsp3) is 0.375. The van der Waals surface area contributed by atoms with Crippen LogP contribution in [-0.4, -0.2) is 35.1 Å². The van der Waals surface area contributed by atoms with E-state index in [2.05, 4.69) is 18.5 Å². The van der Waals surface area contributed by atoms with Gasteiger partial charge in [0.25, 0.3) is 0 Å². The van der Waals surface area contributed by atoms with Crippen LogP contribution in [0.5, 0.6) is 5.75 Å². The van der Waals surface area contributed by atoms with E-state index >= 15 is 0 Å². The first-order chi connectivity index (χ1) is 14.6. The molecular weight excluding hydrogens is 382 g/mol. The summed E-state index contributed by atoms with van der Waals surface area (Å²) in [4.78, 5) is 29.1. The minimum atomic E-state index is -0.685. The minimum absolute atomic E-state index is 0.0281. The summed E-state index contributed by atoms with van der Waals surface area (Å²) >= 11 is 0. The SMILES string of the molecule is C=C(CCCC)C(=O)CC[C@H](OC(=O)c1cccnc1)c1ccccc1OCCO. The molecule has 2 aromatic rings. The van der Waals surface area contributed by atoms with Crippen LogP contribution in [0, 0.1) is 0 Å². The number of Topliss-reactive ketones (excluding diaryl/α,β-unsaturated/α-hetero) is 1. The summed E-state index contributed by atoms with van der Waals surface area (Å²) in [5.41, 5.74) is 1.57. The number of hydrogen-bond acceptors (Lipinski definition) is 6. The van der Waals surface area contributed by atoms with Gasteiger partial charge in [-0.2, -0.15) is 0 Å². The van der Waals surface area contributed by atoms with Crippen LogP contribution in [0.2, 0.25) is 0 Å². The van der Waals surface area contributed by atoms with Crippen molar-refractivity contribution in [1.29, 1.82) is 0 Å². The molecule has 0 unspecified atom stereocenters. The highest BCUT2D eigenvalue weighted by molar-refractivity contribution is 5.94. The van der Waals surface area contributed by atoms with Crippen molar-refractivity contribution in [1.82, 2.24) is 4.98 Å². The fourth-order valence-corrected chi connectivity index (χ4v) is 2.96. The topological polar surface area (TPSA) is 85.7 Å². The smallest absolute Gasteiger partial charge is 0.340 e. The molecule has 1 heterocycles. The summed E-state index contributed by atoms with van der Waals surface area (Å²) in [5, 5.41) is 9.09. The van der Waals surface area contributed by atoms with E-state index in [1.807, 2.05) is 6.07 Å². The first kappa shape index (κ1) is 23.3. The first-order valence-electron chi connectivity index (χ1n) is 10.2. The zero-order chi connectivity index (χ0) is 21.8. The maximum Gasteiger partial charge on any atom is 0.340 e. The Kier molecular flexibility index (Phi) is 9.74. The van der Waals surface area contributed by atoms with Gasteiger partial charge in [0.05, 0.1) is 12.2 Å². The second-order valence-corrected chi connectivity index (χ2v) is 6.91. The largest absolute Gasteiger partial charge is 0.491 e. The van der Waals surface area contributed by atoms with E-state index in [0.717, 1.165) is 12.8 Å². The normalized spacial score (nSPS) is 11.5. The maximum atomic E-state index is 12.6. The van der Waals surface area contributed by atoms with E-state index in [1.165, 1.54) is 6.20 Å². The number of benzene rings is 1. The average Bonchev–Trinajstić information content (AvgIpc) is 2.79. The highest BCUT2D eigenvalue weighted by Crippen LogP contribution is 2.32. The lowest BCUT2D eigenvalue weighted by atomic mass is 9.98. The van der Waals surface area contributed by atoms with E-state index in [-0.39, 0.29) is 25.4 Å². The molecule has 0 saturated heterocycles. The van der Waals surface area contributed by atoms with Gasteiger partial charge in [-0.15, -0.1) is 0 Å². The van der Waals surface area contributed by atoms with Gasteiger partial charge in [-0.1, -0.05) is 38.1 Å². The molecule has 1 aromatic heterocycles. The van der Waals surface area contributed by atoms with Crippen molar-refractivity contribution in [2.45, 2.75) is 45.1 Å². The second-order valence-electron chi connectivity index (χ2n) is 6.91. The molecule has 6 heteroatoms. The highest BCUT2D eigenvalue weighted by atomic mass is 16.5. The predicted octanol–water partition coefficient (Wildman–Crippen LogP) is 4.45. The van der Waals surface area contributed by atoms with Crippen LogP contribution in [0.15, 0.2) is 60.9 Å². The fourth-order valence-electron chi connectivity index (χ4n) is 2.96. The average molecular weight is 411 g/mol. The summed E-state index contributed by atoms with van der Waals surface area (Å²) in [7, 11) is 0.